The SMILES string of the molecule is CCNCc1ccc(N2CCC3CCCCC32)cc1Cl. The minimum absolute atomic E-state index is 0.763. The van der Waals surface area contributed by atoms with Gasteiger partial charge < -0.3 is 10.2 Å². The largest absolute Gasteiger partial charge is 0.368 e. The number of halogens is 1. The molecule has 0 aromatic heterocycles. The lowest BCUT2D eigenvalue weighted by molar-refractivity contribution is 0.342. The Balaban J connectivity index is 1.75. The average molecular weight is 293 g/mol. The highest BCUT2D eigenvalue weighted by molar-refractivity contribution is 6.31. The van der Waals surface area contributed by atoms with Crippen molar-refractivity contribution in [2.45, 2.75) is 51.6 Å². The topological polar surface area (TPSA) is 15.3 Å². The van der Waals surface area contributed by atoms with Crippen molar-refractivity contribution in [2.24, 2.45) is 5.92 Å². The fourth-order valence-electron chi connectivity index (χ4n) is 3.84. The summed E-state index contributed by atoms with van der Waals surface area (Å²) in [6.45, 7) is 5.17. The molecule has 2 fully saturated rings. The molecule has 1 N–H and O–H groups in total. The molecule has 1 aromatic rings. The van der Waals surface area contributed by atoms with Crippen molar-refractivity contribution in [3.8, 4) is 0 Å². The van der Waals surface area contributed by atoms with E-state index < -0.39 is 0 Å². The van der Waals surface area contributed by atoms with E-state index in [1.807, 2.05) is 0 Å². The first-order chi connectivity index (χ1) is 9.79. The third-order valence-corrected chi connectivity index (χ3v) is 5.30. The second-order valence-corrected chi connectivity index (χ2v) is 6.56. The van der Waals surface area contributed by atoms with Crippen LogP contribution in [0.15, 0.2) is 18.2 Å². The van der Waals surface area contributed by atoms with E-state index in [0.717, 1.165) is 30.1 Å². The summed E-state index contributed by atoms with van der Waals surface area (Å²) in [6.07, 6.45) is 6.97. The van der Waals surface area contributed by atoms with Gasteiger partial charge in [-0.2, -0.15) is 0 Å². The molecule has 1 heterocycles. The molecule has 3 heteroatoms. The Morgan fingerprint density at radius 3 is 2.90 bits per heavy atom. The Bertz CT molecular complexity index is 460. The molecular formula is C17H25ClN2. The van der Waals surface area contributed by atoms with E-state index in [9.17, 15) is 0 Å². The summed E-state index contributed by atoms with van der Waals surface area (Å²) >= 11 is 6.45. The minimum atomic E-state index is 0.763. The van der Waals surface area contributed by atoms with Gasteiger partial charge in [0.15, 0.2) is 0 Å². The predicted octanol–water partition coefficient (Wildman–Crippen LogP) is 4.22. The zero-order chi connectivity index (χ0) is 13.9. The third-order valence-electron chi connectivity index (χ3n) is 4.94. The first-order valence-corrected chi connectivity index (χ1v) is 8.43. The molecule has 110 valence electrons. The Kier molecular flexibility index (Phi) is 4.52. The summed E-state index contributed by atoms with van der Waals surface area (Å²) in [4.78, 5) is 2.60. The average Bonchev–Trinajstić information content (AvgIpc) is 2.90. The molecule has 0 radical (unpaired) electrons. The molecule has 0 spiro atoms. The van der Waals surface area contributed by atoms with Crippen LogP contribution in [0.1, 0.15) is 44.6 Å². The summed E-state index contributed by atoms with van der Waals surface area (Å²) in [7, 11) is 0. The van der Waals surface area contributed by atoms with Crippen LogP contribution in [0.2, 0.25) is 5.02 Å². The number of benzene rings is 1. The number of nitrogens with zero attached hydrogens (tertiary/aromatic N) is 1. The molecule has 2 atom stereocenters. The molecule has 1 saturated heterocycles. The first kappa shape index (κ1) is 14.2. The molecule has 2 aliphatic rings. The molecule has 1 aromatic carbocycles. The summed E-state index contributed by atoms with van der Waals surface area (Å²) in [5, 5.41) is 4.25. The van der Waals surface area contributed by atoms with Gasteiger partial charge in [-0.05, 0) is 49.4 Å². The smallest absolute Gasteiger partial charge is 0.0471 e. The van der Waals surface area contributed by atoms with Crippen LogP contribution in [-0.4, -0.2) is 19.1 Å². The molecule has 2 unspecified atom stereocenters. The van der Waals surface area contributed by atoms with E-state index in [2.05, 4.69) is 35.3 Å². The quantitative estimate of drug-likeness (QED) is 0.894. The highest BCUT2D eigenvalue weighted by Gasteiger charge is 2.35. The van der Waals surface area contributed by atoms with E-state index >= 15 is 0 Å². The lowest BCUT2D eigenvalue weighted by Gasteiger charge is -2.33. The van der Waals surface area contributed by atoms with Crippen LogP contribution in [0, 0.1) is 5.92 Å². The van der Waals surface area contributed by atoms with Crippen LogP contribution in [0.4, 0.5) is 5.69 Å². The van der Waals surface area contributed by atoms with Crippen molar-refractivity contribution in [3.63, 3.8) is 0 Å². The number of fused-ring (bicyclic) bond motifs is 1. The molecule has 1 aliphatic heterocycles. The van der Waals surface area contributed by atoms with Gasteiger partial charge in [-0.25, -0.2) is 0 Å². The Hall–Kier alpha value is -0.730. The maximum absolute atomic E-state index is 6.45. The maximum atomic E-state index is 6.45. The summed E-state index contributed by atoms with van der Waals surface area (Å²) in [5.74, 6) is 0.920. The van der Waals surface area contributed by atoms with E-state index in [0.29, 0.717) is 0 Å². The van der Waals surface area contributed by atoms with Crippen LogP contribution < -0.4 is 10.2 Å². The number of hydrogen-bond acceptors (Lipinski definition) is 2. The Morgan fingerprint density at radius 1 is 1.25 bits per heavy atom. The molecule has 20 heavy (non-hydrogen) atoms. The number of hydrogen-bond donors (Lipinski definition) is 1. The second-order valence-electron chi connectivity index (χ2n) is 6.15. The molecule has 0 bridgehead atoms. The van der Waals surface area contributed by atoms with Crippen molar-refractivity contribution < 1.29 is 0 Å². The monoisotopic (exact) mass is 292 g/mol. The Morgan fingerprint density at radius 2 is 2.10 bits per heavy atom. The third kappa shape index (κ3) is 2.82. The highest BCUT2D eigenvalue weighted by Crippen LogP contribution is 2.39. The standard InChI is InChI=1S/C17H25ClN2/c1-2-19-12-14-7-8-15(11-16(14)18)20-10-9-13-5-3-4-6-17(13)20/h7-8,11,13,17,19H,2-6,9-10,12H2,1H3. The van der Waals surface area contributed by atoms with Gasteiger partial charge in [-0.1, -0.05) is 37.4 Å². The van der Waals surface area contributed by atoms with Crippen LogP contribution in [0.5, 0.6) is 0 Å². The molecule has 2 nitrogen and oxygen atoms in total. The fourth-order valence-corrected chi connectivity index (χ4v) is 4.09. The van der Waals surface area contributed by atoms with Gasteiger partial charge in [0.1, 0.15) is 0 Å². The van der Waals surface area contributed by atoms with Crippen molar-refractivity contribution in [1.82, 2.24) is 5.32 Å². The van der Waals surface area contributed by atoms with E-state index in [4.69, 9.17) is 11.6 Å². The maximum Gasteiger partial charge on any atom is 0.0471 e. The normalized spacial score (nSPS) is 25.8. The van der Waals surface area contributed by atoms with Gasteiger partial charge in [0, 0.05) is 29.8 Å². The zero-order valence-corrected chi connectivity index (χ0v) is 13.1. The lowest BCUT2D eigenvalue weighted by atomic mass is 9.85. The molecule has 3 rings (SSSR count). The van der Waals surface area contributed by atoms with Gasteiger partial charge in [0.25, 0.3) is 0 Å². The molecule has 0 amide bonds. The van der Waals surface area contributed by atoms with Crippen molar-refractivity contribution in [3.05, 3.63) is 28.8 Å². The van der Waals surface area contributed by atoms with E-state index in [-0.39, 0.29) is 0 Å². The number of nitrogens with one attached hydrogen (secondary N) is 1. The van der Waals surface area contributed by atoms with Crippen molar-refractivity contribution >= 4 is 17.3 Å². The summed E-state index contributed by atoms with van der Waals surface area (Å²) in [6, 6.07) is 7.39. The van der Waals surface area contributed by atoms with Gasteiger partial charge in [-0.15, -0.1) is 0 Å². The highest BCUT2D eigenvalue weighted by atomic mass is 35.5. The van der Waals surface area contributed by atoms with Crippen LogP contribution in [-0.2, 0) is 6.54 Å². The number of rotatable bonds is 4. The molecule has 1 aliphatic carbocycles. The van der Waals surface area contributed by atoms with Gasteiger partial charge in [0.05, 0.1) is 0 Å². The lowest BCUT2D eigenvalue weighted by Crippen LogP contribution is -2.34. The predicted molar refractivity (Wildman–Crippen MR) is 86.5 cm³/mol. The minimum Gasteiger partial charge on any atom is -0.368 e. The number of anilines is 1. The Labute approximate surface area is 127 Å². The van der Waals surface area contributed by atoms with Crippen LogP contribution in [0.3, 0.4) is 0 Å². The van der Waals surface area contributed by atoms with Crippen LogP contribution >= 0.6 is 11.6 Å². The van der Waals surface area contributed by atoms with Crippen molar-refractivity contribution in [1.29, 1.82) is 0 Å². The van der Waals surface area contributed by atoms with E-state index in [1.165, 1.54) is 49.9 Å². The van der Waals surface area contributed by atoms with Crippen LogP contribution in [0.25, 0.3) is 0 Å². The first-order valence-electron chi connectivity index (χ1n) is 8.05. The molecule has 1 saturated carbocycles. The van der Waals surface area contributed by atoms with Gasteiger partial charge >= 0.3 is 0 Å². The van der Waals surface area contributed by atoms with Gasteiger partial charge in [0.2, 0.25) is 0 Å². The summed E-state index contributed by atoms with van der Waals surface area (Å²) in [5.41, 5.74) is 2.53. The zero-order valence-electron chi connectivity index (χ0n) is 12.4. The fraction of sp³-hybridized carbons (Fsp3) is 0.647. The van der Waals surface area contributed by atoms with E-state index in [1.54, 1.807) is 0 Å². The van der Waals surface area contributed by atoms with Gasteiger partial charge in [-0.3, -0.25) is 0 Å². The second kappa shape index (κ2) is 6.36. The molecular weight excluding hydrogens is 268 g/mol. The summed E-state index contributed by atoms with van der Waals surface area (Å²) < 4.78 is 0. The van der Waals surface area contributed by atoms with Crippen molar-refractivity contribution in [2.75, 3.05) is 18.0 Å².